The average molecular weight is 469 g/mol. The summed E-state index contributed by atoms with van der Waals surface area (Å²) >= 11 is 0. The number of hydrogen-bond donors (Lipinski definition) is 2. The van der Waals surface area contributed by atoms with Gasteiger partial charge in [-0.15, -0.1) is 0 Å². The maximum Gasteiger partial charge on any atom is 0.163 e. The highest BCUT2D eigenvalue weighted by molar-refractivity contribution is 6.00. The van der Waals surface area contributed by atoms with E-state index in [9.17, 15) is 5.26 Å². The maximum atomic E-state index is 9.75. The monoisotopic (exact) mass is 468 g/mol. The zero-order valence-corrected chi connectivity index (χ0v) is 19.7. The van der Waals surface area contributed by atoms with Crippen LogP contribution in [0, 0.1) is 17.2 Å². The molecule has 0 radical (unpaired) electrons. The van der Waals surface area contributed by atoms with E-state index in [0.717, 1.165) is 41.4 Å². The van der Waals surface area contributed by atoms with Gasteiger partial charge in [0, 0.05) is 29.6 Å². The number of rotatable bonds is 9. The summed E-state index contributed by atoms with van der Waals surface area (Å²) in [7, 11) is 1.62. The fourth-order valence-corrected chi connectivity index (χ4v) is 4.50. The number of para-hydroxylation sites is 1. The molecule has 0 fully saturated rings. The Bertz CT molecular complexity index is 1400. The maximum absolute atomic E-state index is 9.75. The smallest absolute Gasteiger partial charge is 0.163 e. The van der Waals surface area contributed by atoms with Crippen molar-refractivity contribution in [3.8, 4) is 17.6 Å². The molecule has 4 aromatic rings. The van der Waals surface area contributed by atoms with Gasteiger partial charge < -0.3 is 24.5 Å². The van der Waals surface area contributed by atoms with Gasteiger partial charge in [0.1, 0.15) is 6.07 Å². The second-order valence-electron chi connectivity index (χ2n) is 8.65. The van der Waals surface area contributed by atoms with Crippen LogP contribution in [0.2, 0.25) is 0 Å². The van der Waals surface area contributed by atoms with Crippen LogP contribution in [0.1, 0.15) is 31.2 Å². The van der Waals surface area contributed by atoms with E-state index >= 15 is 0 Å². The quantitative estimate of drug-likeness (QED) is 0.279. The molecule has 2 aromatic carbocycles. The number of nitrogens with one attached hydrogen (secondary N) is 2. The number of hydrogen-bond acceptors (Lipinski definition) is 7. The molecule has 7 nitrogen and oxygen atoms in total. The number of methoxy groups -OCH3 is 1. The fraction of sp³-hybridized carbons (Fsp3) is 0.286. The first-order valence-corrected chi connectivity index (χ1v) is 11.9. The van der Waals surface area contributed by atoms with Crippen LogP contribution in [0.5, 0.6) is 11.5 Å². The highest BCUT2D eigenvalue weighted by Crippen LogP contribution is 2.38. The van der Waals surface area contributed by atoms with E-state index in [4.69, 9.17) is 13.9 Å². The van der Waals surface area contributed by atoms with Crippen molar-refractivity contribution in [3.63, 3.8) is 0 Å². The van der Waals surface area contributed by atoms with Crippen molar-refractivity contribution >= 4 is 33.2 Å². The van der Waals surface area contributed by atoms with Gasteiger partial charge in [-0.3, -0.25) is 4.98 Å². The molecule has 0 saturated heterocycles. The highest BCUT2D eigenvalue weighted by Gasteiger charge is 2.16. The van der Waals surface area contributed by atoms with E-state index in [1.165, 1.54) is 12.8 Å². The average Bonchev–Trinajstić information content (AvgIpc) is 3.39. The number of pyridine rings is 1. The number of fused-ring (bicyclic) bond motifs is 2. The molecule has 0 bridgehead atoms. The number of furan rings is 1. The molecule has 1 aliphatic rings. The molecule has 0 amide bonds. The predicted molar refractivity (Wildman–Crippen MR) is 137 cm³/mol. The van der Waals surface area contributed by atoms with Crippen LogP contribution in [0.4, 0.5) is 11.4 Å². The van der Waals surface area contributed by atoms with Crippen LogP contribution < -0.4 is 20.1 Å². The van der Waals surface area contributed by atoms with E-state index in [1.807, 2.05) is 36.4 Å². The number of anilines is 2. The highest BCUT2D eigenvalue weighted by atomic mass is 16.5. The standard InChI is InChI=1S/C28H28N4O3/c1-33-25-15-22-24(16-26(25)34-13-3-2-5-19-8-11-30-12-9-19)31-18-21(17-29)27(22)32-23-7-4-6-20-10-14-35-28(20)23/h4,6-8,10-11,14-16,18-19,30H,2-3,5,9,12-13H2,1H3,(H,31,32). The minimum absolute atomic E-state index is 0.434. The predicted octanol–water partition coefficient (Wildman–Crippen LogP) is 6.28. The second-order valence-corrected chi connectivity index (χ2v) is 8.65. The van der Waals surface area contributed by atoms with Crippen molar-refractivity contribution in [1.29, 1.82) is 5.26 Å². The van der Waals surface area contributed by atoms with Crippen molar-refractivity contribution in [2.75, 3.05) is 25.6 Å². The van der Waals surface area contributed by atoms with Crippen LogP contribution in [-0.4, -0.2) is 25.2 Å². The summed E-state index contributed by atoms with van der Waals surface area (Å²) in [6.07, 6.45) is 12.0. The number of allylic oxidation sites excluding steroid dienone is 1. The van der Waals surface area contributed by atoms with E-state index in [-0.39, 0.29) is 0 Å². The Hall–Kier alpha value is -4.18. The Balaban J connectivity index is 1.37. The molecular formula is C28H28N4O3. The molecule has 1 unspecified atom stereocenters. The Labute approximate surface area is 204 Å². The summed E-state index contributed by atoms with van der Waals surface area (Å²) in [5, 5.41) is 18.1. The van der Waals surface area contributed by atoms with Crippen LogP contribution in [0.3, 0.4) is 0 Å². The molecule has 0 spiro atoms. The minimum atomic E-state index is 0.434. The molecule has 0 saturated carbocycles. The first kappa shape index (κ1) is 22.6. The molecule has 1 atom stereocenters. The van der Waals surface area contributed by atoms with E-state index < -0.39 is 0 Å². The molecule has 35 heavy (non-hydrogen) atoms. The number of aromatic nitrogens is 1. The molecule has 3 heterocycles. The summed E-state index contributed by atoms with van der Waals surface area (Å²) in [4.78, 5) is 4.51. The van der Waals surface area contributed by atoms with E-state index in [2.05, 4.69) is 34.0 Å². The SMILES string of the molecule is COc1cc2c(Nc3cccc4ccoc34)c(C#N)cnc2cc1OCCCCC1C=CNCC1. The first-order chi connectivity index (χ1) is 17.3. The minimum Gasteiger partial charge on any atom is -0.493 e. The lowest BCUT2D eigenvalue weighted by Crippen LogP contribution is -2.17. The number of unbranched alkanes of at least 4 members (excludes halogenated alkanes) is 1. The van der Waals surface area contributed by atoms with Gasteiger partial charge in [-0.2, -0.15) is 5.26 Å². The van der Waals surface area contributed by atoms with Crippen molar-refractivity contribution in [2.24, 2.45) is 5.92 Å². The van der Waals surface area contributed by atoms with Gasteiger partial charge in [0.15, 0.2) is 17.1 Å². The van der Waals surface area contributed by atoms with Crippen molar-refractivity contribution in [3.05, 3.63) is 66.7 Å². The summed E-state index contributed by atoms with van der Waals surface area (Å²) < 4.78 is 17.4. The lowest BCUT2D eigenvalue weighted by molar-refractivity contribution is 0.282. The third-order valence-corrected chi connectivity index (χ3v) is 6.38. The molecule has 2 aromatic heterocycles. The van der Waals surface area contributed by atoms with Crippen LogP contribution in [0.15, 0.2) is 65.6 Å². The topological polar surface area (TPSA) is 92.3 Å². The Morgan fingerprint density at radius 2 is 2.17 bits per heavy atom. The van der Waals surface area contributed by atoms with Crippen molar-refractivity contribution < 1.29 is 13.9 Å². The summed E-state index contributed by atoms with van der Waals surface area (Å²) in [5.74, 6) is 1.91. The van der Waals surface area contributed by atoms with Crippen molar-refractivity contribution in [2.45, 2.75) is 25.7 Å². The number of benzene rings is 2. The van der Waals surface area contributed by atoms with E-state index in [0.29, 0.717) is 40.8 Å². The van der Waals surface area contributed by atoms with Crippen molar-refractivity contribution in [1.82, 2.24) is 10.3 Å². The molecule has 1 aliphatic heterocycles. The summed E-state index contributed by atoms with van der Waals surface area (Å²) in [5.41, 5.74) is 3.31. The Kier molecular flexibility index (Phi) is 6.71. The van der Waals surface area contributed by atoms with Gasteiger partial charge >= 0.3 is 0 Å². The molecule has 0 aliphatic carbocycles. The second kappa shape index (κ2) is 10.4. The molecule has 2 N–H and O–H groups in total. The summed E-state index contributed by atoms with van der Waals surface area (Å²) in [6.45, 7) is 1.67. The van der Waals surface area contributed by atoms with Gasteiger partial charge in [0.2, 0.25) is 0 Å². The Morgan fingerprint density at radius 1 is 1.23 bits per heavy atom. The normalized spacial score (nSPS) is 15.0. The number of nitrogens with zero attached hydrogens (tertiary/aromatic N) is 2. The largest absolute Gasteiger partial charge is 0.493 e. The lowest BCUT2D eigenvalue weighted by atomic mass is 9.97. The third-order valence-electron chi connectivity index (χ3n) is 6.38. The first-order valence-electron chi connectivity index (χ1n) is 11.9. The van der Waals surface area contributed by atoms with Crippen LogP contribution in [-0.2, 0) is 0 Å². The fourth-order valence-electron chi connectivity index (χ4n) is 4.50. The molecule has 178 valence electrons. The molecule has 5 rings (SSSR count). The van der Waals surface area contributed by atoms with Gasteiger partial charge in [0.05, 0.1) is 42.4 Å². The van der Waals surface area contributed by atoms with Crippen LogP contribution in [0.25, 0.3) is 21.9 Å². The van der Waals surface area contributed by atoms with Crippen LogP contribution >= 0.6 is 0 Å². The Morgan fingerprint density at radius 3 is 3.00 bits per heavy atom. The molecule has 7 heteroatoms. The van der Waals surface area contributed by atoms with Gasteiger partial charge in [0.25, 0.3) is 0 Å². The van der Waals surface area contributed by atoms with Gasteiger partial charge in [-0.25, -0.2) is 0 Å². The lowest BCUT2D eigenvalue weighted by Gasteiger charge is -2.17. The van der Waals surface area contributed by atoms with E-state index in [1.54, 1.807) is 19.6 Å². The zero-order valence-electron chi connectivity index (χ0n) is 19.7. The molecular weight excluding hydrogens is 440 g/mol. The van der Waals surface area contributed by atoms with Gasteiger partial charge in [-0.05, 0) is 56.0 Å². The number of nitriles is 1. The zero-order chi connectivity index (χ0) is 24.0. The third kappa shape index (κ3) is 4.87. The number of ether oxygens (including phenoxy) is 2. The summed E-state index contributed by atoms with van der Waals surface area (Å²) in [6, 6.07) is 13.8. The van der Waals surface area contributed by atoms with Gasteiger partial charge in [-0.1, -0.05) is 18.2 Å².